The molecule has 10 nitrogen and oxygen atoms in total. The second-order valence-electron chi connectivity index (χ2n) is 11.4. The zero-order chi connectivity index (χ0) is 28.3. The molecule has 2 aromatic rings. The molecule has 1 saturated heterocycles. The molecular weight excluding hydrogens is 543 g/mol. The standard InChI is InChI=1S/C28H28ClFN4O6/c29-17-7-8-18-20(21(17)30)28(40-25(39)32-18)9-4-10-34(15-28)22(35)19(11-16-5-2-1-3-6-16)31-23(36)26-12-27(13-26,14-26)33-24(37)38/h1-3,5-8,19,33H,4,9-15H2,(H,31,36)(H,32,39)(H,37,38)/t19-,26?,27?,28-/m0/s1. The summed E-state index contributed by atoms with van der Waals surface area (Å²) in [5, 5.41) is 16.9. The van der Waals surface area contributed by atoms with E-state index in [1.165, 1.54) is 17.0 Å². The summed E-state index contributed by atoms with van der Waals surface area (Å²) in [6.45, 7) is 0.239. The number of benzene rings is 2. The molecule has 2 bridgehead atoms. The van der Waals surface area contributed by atoms with Gasteiger partial charge in [-0.3, -0.25) is 14.9 Å². The van der Waals surface area contributed by atoms with E-state index in [1.807, 2.05) is 30.3 Å². The van der Waals surface area contributed by atoms with Crippen LogP contribution in [0.25, 0.3) is 0 Å². The van der Waals surface area contributed by atoms with Crippen molar-refractivity contribution in [3.63, 3.8) is 0 Å². The summed E-state index contributed by atoms with van der Waals surface area (Å²) < 4.78 is 21.0. The van der Waals surface area contributed by atoms with Crippen LogP contribution < -0.4 is 16.0 Å². The number of carboxylic acid groups (broad SMARTS) is 1. The average Bonchev–Trinajstić information content (AvgIpc) is 2.87. The Labute approximate surface area is 234 Å². The monoisotopic (exact) mass is 570 g/mol. The number of hydrogen-bond donors (Lipinski definition) is 4. The van der Waals surface area contributed by atoms with Crippen LogP contribution in [0.3, 0.4) is 0 Å². The van der Waals surface area contributed by atoms with Gasteiger partial charge in [-0.2, -0.15) is 0 Å². The molecule has 2 aromatic carbocycles. The Bertz CT molecular complexity index is 1400. The molecule has 40 heavy (non-hydrogen) atoms. The first-order valence-electron chi connectivity index (χ1n) is 13.2. The molecule has 0 unspecified atom stereocenters. The number of carbonyl (C=O) groups excluding carboxylic acids is 3. The summed E-state index contributed by atoms with van der Waals surface area (Å²) in [6.07, 6.45) is 0.246. The molecule has 3 aliphatic carbocycles. The molecule has 3 saturated carbocycles. The fourth-order valence-electron chi connectivity index (χ4n) is 6.93. The molecule has 7 rings (SSSR count). The summed E-state index contributed by atoms with van der Waals surface area (Å²) in [5.41, 5.74) is -1.51. The van der Waals surface area contributed by atoms with E-state index in [2.05, 4.69) is 16.0 Å². The fraction of sp³-hybridized carbons (Fsp3) is 0.429. The predicted octanol–water partition coefficient (Wildman–Crippen LogP) is 3.78. The van der Waals surface area contributed by atoms with E-state index < -0.39 is 40.6 Å². The highest BCUT2D eigenvalue weighted by Crippen LogP contribution is 2.67. The molecule has 2 atom stereocenters. The smallest absolute Gasteiger partial charge is 0.412 e. The predicted molar refractivity (Wildman–Crippen MR) is 141 cm³/mol. The zero-order valence-electron chi connectivity index (χ0n) is 21.5. The lowest BCUT2D eigenvalue weighted by atomic mass is 9.39. The SMILES string of the molecule is O=C(O)NC12CC(C(=O)N[C@@H](Cc3ccccc3)C(=O)N3CCC[C@@]4(C3)OC(=O)Nc3ccc(Cl)c(F)c34)(C1)C2. The van der Waals surface area contributed by atoms with Gasteiger partial charge < -0.3 is 25.4 Å². The Morgan fingerprint density at radius 2 is 1.88 bits per heavy atom. The van der Waals surface area contributed by atoms with E-state index in [-0.39, 0.29) is 41.1 Å². The highest BCUT2D eigenvalue weighted by Gasteiger charge is 2.72. The van der Waals surface area contributed by atoms with Gasteiger partial charge >= 0.3 is 12.2 Å². The molecule has 1 spiro atoms. The molecule has 2 heterocycles. The third-order valence-electron chi connectivity index (χ3n) is 8.61. The van der Waals surface area contributed by atoms with Crippen molar-refractivity contribution in [1.29, 1.82) is 0 Å². The lowest BCUT2D eigenvalue weighted by molar-refractivity contribution is -0.180. The van der Waals surface area contributed by atoms with Gasteiger partial charge in [0.2, 0.25) is 11.8 Å². The van der Waals surface area contributed by atoms with Crippen molar-refractivity contribution in [3.8, 4) is 0 Å². The lowest BCUT2D eigenvalue weighted by Crippen LogP contribution is -2.78. The molecular formula is C28H28ClFN4O6. The maximum Gasteiger partial charge on any atom is 0.412 e. The quantitative estimate of drug-likeness (QED) is 0.417. The van der Waals surface area contributed by atoms with Crippen molar-refractivity contribution in [2.24, 2.45) is 5.41 Å². The third kappa shape index (κ3) is 4.32. The highest BCUT2D eigenvalue weighted by atomic mass is 35.5. The summed E-state index contributed by atoms with van der Waals surface area (Å²) in [5.74, 6) is -1.38. The van der Waals surface area contributed by atoms with E-state index in [9.17, 15) is 19.2 Å². The first kappa shape index (κ1) is 26.4. The Balaban J connectivity index is 1.25. The van der Waals surface area contributed by atoms with Crippen LogP contribution in [0.4, 0.5) is 19.7 Å². The lowest BCUT2D eigenvalue weighted by Gasteiger charge is -2.68. The number of nitrogens with zero attached hydrogens (tertiary/aromatic N) is 1. The fourth-order valence-corrected chi connectivity index (χ4v) is 7.09. The van der Waals surface area contributed by atoms with Gasteiger partial charge in [-0.25, -0.2) is 14.0 Å². The van der Waals surface area contributed by atoms with E-state index in [1.54, 1.807) is 0 Å². The van der Waals surface area contributed by atoms with Crippen LogP contribution in [-0.4, -0.2) is 58.7 Å². The van der Waals surface area contributed by atoms with Gasteiger partial charge in [-0.15, -0.1) is 0 Å². The molecule has 2 aliphatic heterocycles. The molecule has 0 radical (unpaired) electrons. The Hall–Kier alpha value is -3.86. The summed E-state index contributed by atoms with van der Waals surface area (Å²) in [4.78, 5) is 52.4. The number of likely N-dealkylation sites (tertiary alicyclic amines) is 1. The van der Waals surface area contributed by atoms with Gasteiger partial charge in [0, 0.05) is 18.5 Å². The largest absolute Gasteiger partial charge is 0.465 e. The summed E-state index contributed by atoms with van der Waals surface area (Å²) in [7, 11) is 0. The first-order valence-corrected chi connectivity index (χ1v) is 13.5. The maximum absolute atomic E-state index is 15.3. The van der Waals surface area contributed by atoms with E-state index in [4.69, 9.17) is 21.4 Å². The van der Waals surface area contributed by atoms with Crippen LogP contribution >= 0.6 is 11.6 Å². The molecule has 4 fully saturated rings. The summed E-state index contributed by atoms with van der Waals surface area (Å²) >= 11 is 6.08. The number of hydrogen-bond acceptors (Lipinski definition) is 5. The highest BCUT2D eigenvalue weighted by molar-refractivity contribution is 6.31. The molecule has 210 valence electrons. The minimum Gasteiger partial charge on any atom is -0.465 e. The normalized spacial score (nSPS) is 28.6. The number of piperidine rings is 1. The van der Waals surface area contributed by atoms with Gasteiger partial charge in [0.15, 0.2) is 11.4 Å². The van der Waals surface area contributed by atoms with Crippen molar-refractivity contribution < 1.29 is 33.4 Å². The van der Waals surface area contributed by atoms with Crippen LogP contribution in [0.2, 0.25) is 5.02 Å². The van der Waals surface area contributed by atoms with Gasteiger partial charge in [-0.05, 0) is 49.8 Å². The van der Waals surface area contributed by atoms with Crippen LogP contribution in [0.1, 0.15) is 43.2 Å². The molecule has 4 amide bonds. The summed E-state index contributed by atoms with van der Waals surface area (Å²) in [6, 6.07) is 11.2. The maximum atomic E-state index is 15.3. The van der Waals surface area contributed by atoms with E-state index in [0.29, 0.717) is 38.6 Å². The van der Waals surface area contributed by atoms with Crippen molar-refractivity contribution in [3.05, 3.63) is 64.4 Å². The number of rotatable bonds is 6. The van der Waals surface area contributed by atoms with Gasteiger partial charge in [0.05, 0.1) is 28.2 Å². The molecule has 0 aromatic heterocycles. The zero-order valence-corrected chi connectivity index (χ0v) is 22.2. The topological polar surface area (TPSA) is 137 Å². The third-order valence-corrected chi connectivity index (χ3v) is 8.90. The molecule has 4 N–H and O–H groups in total. The number of ether oxygens (including phenoxy) is 1. The number of carbonyl (C=O) groups is 4. The van der Waals surface area contributed by atoms with Gasteiger partial charge in [0.25, 0.3) is 0 Å². The van der Waals surface area contributed by atoms with E-state index in [0.717, 1.165) is 5.56 Å². The van der Waals surface area contributed by atoms with Crippen molar-refractivity contribution in [2.45, 2.75) is 55.7 Å². The molecule has 5 aliphatic rings. The van der Waals surface area contributed by atoms with Crippen LogP contribution in [0.15, 0.2) is 42.5 Å². The Kier molecular flexibility index (Phi) is 6.17. The second-order valence-corrected chi connectivity index (χ2v) is 11.8. The number of nitrogens with one attached hydrogen (secondary N) is 3. The van der Waals surface area contributed by atoms with Gasteiger partial charge in [0.1, 0.15) is 6.04 Å². The Morgan fingerprint density at radius 1 is 1.15 bits per heavy atom. The van der Waals surface area contributed by atoms with Crippen LogP contribution in [0.5, 0.6) is 0 Å². The van der Waals surface area contributed by atoms with Crippen LogP contribution in [0, 0.1) is 11.2 Å². The number of amides is 4. The van der Waals surface area contributed by atoms with Crippen LogP contribution in [-0.2, 0) is 26.3 Å². The van der Waals surface area contributed by atoms with E-state index >= 15 is 4.39 Å². The van der Waals surface area contributed by atoms with Crippen molar-refractivity contribution >= 4 is 41.3 Å². The van der Waals surface area contributed by atoms with Crippen molar-refractivity contribution in [2.75, 3.05) is 18.4 Å². The molecule has 12 heteroatoms. The minimum atomic E-state index is -1.43. The minimum absolute atomic E-state index is 0.0958. The second kappa shape index (κ2) is 9.36. The average molecular weight is 571 g/mol. The van der Waals surface area contributed by atoms with Crippen molar-refractivity contribution in [1.82, 2.24) is 15.5 Å². The number of anilines is 1. The first-order chi connectivity index (χ1) is 19.0. The number of halogens is 2. The Morgan fingerprint density at radius 3 is 2.58 bits per heavy atom. The number of fused-ring (bicyclic) bond motifs is 2. The van der Waals surface area contributed by atoms with Gasteiger partial charge in [-0.1, -0.05) is 41.9 Å².